The Bertz CT molecular complexity index is 985. The summed E-state index contributed by atoms with van der Waals surface area (Å²) >= 11 is 5.61. The van der Waals surface area contributed by atoms with Crippen LogP contribution in [0.1, 0.15) is 32.4 Å². The van der Waals surface area contributed by atoms with Gasteiger partial charge in [-0.25, -0.2) is 17.9 Å². The number of rotatable bonds is 7. The first-order valence-electron chi connectivity index (χ1n) is 10.3. The number of benzene rings is 1. The van der Waals surface area contributed by atoms with E-state index in [9.17, 15) is 13.2 Å². The second kappa shape index (κ2) is 10.4. The Kier molecular flexibility index (Phi) is 7.91. The Morgan fingerprint density at radius 2 is 1.97 bits per heavy atom. The Morgan fingerprint density at radius 1 is 1.23 bits per heavy atom. The summed E-state index contributed by atoms with van der Waals surface area (Å²) in [6.45, 7) is 4.07. The number of halogens is 1. The van der Waals surface area contributed by atoms with E-state index in [1.165, 1.54) is 0 Å². The van der Waals surface area contributed by atoms with Crippen LogP contribution in [0.5, 0.6) is 0 Å². The molecule has 0 bridgehead atoms. The summed E-state index contributed by atoms with van der Waals surface area (Å²) in [5.41, 5.74) is 2.58. The molecule has 1 aromatic heterocycles. The molecule has 2 unspecified atom stereocenters. The van der Waals surface area contributed by atoms with Gasteiger partial charge in [-0.15, -0.1) is 11.6 Å². The second-order valence-corrected chi connectivity index (χ2v) is 10.2. The molecule has 0 aliphatic carbocycles. The van der Waals surface area contributed by atoms with Crippen LogP contribution in [-0.2, 0) is 21.2 Å². The third-order valence-corrected chi connectivity index (χ3v) is 6.93. The van der Waals surface area contributed by atoms with E-state index in [1.54, 1.807) is 18.7 Å². The van der Waals surface area contributed by atoms with Gasteiger partial charge in [-0.3, -0.25) is 4.98 Å². The normalized spacial score (nSPS) is 19.4. The standard InChI is InChI=1S/C22H28ClN3O4S/c1-16(2)30-22(27)26-13-7-12-20(25-31(28,29)15-23)21(26)14-18-10-6-11-19(24-18)17-8-4-3-5-9-17/h3-6,8-11,16,20-21,25H,7,12-15H2,1-2H3. The minimum atomic E-state index is -3.65. The SMILES string of the molecule is CC(C)OC(=O)N1CCCC(NS(=O)(=O)CCl)C1Cc1cccc(-c2ccccc2)n1. The Morgan fingerprint density at radius 3 is 2.65 bits per heavy atom. The number of piperidine rings is 1. The van der Waals surface area contributed by atoms with E-state index in [4.69, 9.17) is 21.3 Å². The van der Waals surface area contributed by atoms with Gasteiger partial charge in [0.1, 0.15) is 5.21 Å². The molecule has 1 amide bonds. The highest BCUT2D eigenvalue weighted by molar-refractivity contribution is 7.90. The van der Waals surface area contributed by atoms with E-state index >= 15 is 0 Å². The van der Waals surface area contributed by atoms with E-state index in [1.807, 2.05) is 48.5 Å². The number of carbonyl (C=O) groups excluding carboxylic acids is 1. The van der Waals surface area contributed by atoms with Crippen molar-refractivity contribution >= 4 is 27.7 Å². The molecule has 0 saturated carbocycles. The fourth-order valence-corrected chi connectivity index (χ4v) is 4.77. The summed E-state index contributed by atoms with van der Waals surface area (Å²) in [6.07, 6.45) is 0.937. The maximum absolute atomic E-state index is 12.8. The first kappa shape index (κ1) is 23.5. The number of carbonyl (C=O) groups is 1. The second-order valence-electron chi connectivity index (χ2n) is 7.87. The number of nitrogens with one attached hydrogen (secondary N) is 1. The lowest BCUT2D eigenvalue weighted by atomic mass is 9.93. The van der Waals surface area contributed by atoms with Crippen LogP contribution in [0, 0.1) is 0 Å². The number of amides is 1. The average Bonchev–Trinajstić information content (AvgIpc) is 2.75. The number of aromatic nitrogens is 1. The number of likely N-dealkylation sites (tertiary alicyclic amines) is 1. The van der Waals surface area contributed by atoms with E-state index in [0.29, 0.717) is 25.8 Å². The maximum Gasteiger partial charge on any atom is 0.410 e. The lowest BCUT2D eigenvalue weighted by molar-refractivity contribution is 0.0459. The number of pyridine rings is 1. The minimum Gasteiger partial charge on any atom is -0.447 e. The third-order valence-electron chi connectivity index (χ3n) is 5.12. The summed E-state index contributed by atoms with van der Waals surface area (Å²) in [6, 6.07) is 14.6. The molecule has 1 fully saturated rings. The number of hydrogen-bond donors (Lipinski definition) is 1. The van der Waals surface area contributed by atoms with Crippen LogP contribution in [0.25, 0.3) is 11.3 Å². The van der Waals surface area contributed by atoms with Crippen LogP contribution in [0.3, 0.4) is 0 Å². The van der Waals surface area contributed by atoms with Crippen molar-refractivity contribution in [1.82, 2.24) is 14.6 Å². The van der Waals surface area contributed by atoms with Crippen molar-refractivity contribution in [3.05, 3.63) is 54.2 Å². The molecule has 2 atom stereocenters. The van der Waals surface area contributed by atoms with Gasteiger partial charge in [0.15, 0.2) is 0 Å². The van der Waals surface area contributed by atoms with Gasteiger partial charge in [0.2, 0.25) is 10.0 Å². The summed E-state index contributed by atoms with van der Waals surface area (Å²) < 4.78 is 32.4. The van der Waals surface area contributed by atoms with Gasteiger partial charge in [0.25, 0.3) is 0 Å². The van der Waals surface area contributed by atoms with Crippen LogP contribution < -0.4 is 4.72 Å². The molecule has 2 aromatic rings. The molecular weight excluding hydrogens is 438 g/mol. The molecule has 0 radical (unpaired) electrons. The first-order valence-corrected chi connectivity index (χ1v) is 12.5. The number of alkyl halides is 1. The molecule has 31 heavy (non-hydrogen) atoms. The Labute approximate surface area is 188 Å². The number of ether oxygens (including phenoxy) is 1. The summed E-state index contributed by atoms with van der Waals surface area (Å²) in [5, 5.41) is -0.533. The van der Waals surface area contributed by atoms with Crippen molar-refractivity contribution in [2.75, 3.05) is 11.8 Å². The first-order chi connectivity index (χ1) is 14.8. The average molecular weight is 466 g/mol. The van der Waals surface area contributed by atoms with Gasteiger partial charge < -0.3 is 9.64 Å². The summed E-state index contributed by atoms with van der Waals surface area (Å²) in [7, 11) is -3.65. The monoisotopic (exact) mass is 465 g/mol. The predicted molar refractivity (Wildman–Crippen MR) is 121 cm³/mol. The minimum absolute atomic E-state index is 0.271. The predicted octanol–water partition coefficient (Wildman–Crippen LogP) is 3.78. The molecule has 7 nitrogen and oxygen atoms in total. The van der Waals surface area contributed by atoms with Gasteiger partial charge in [-0.05, 0) is 38.8 Å². The Hall–Kier alpha value is -2.16. The van der Waals surface area contributed by atoms with E-state index in [-0.39, 0.29) is 6.10 Å². The van der Waals surface area contributed by atoms with Crippen LogP contribution in [-0.4, -0.2) is 54.3 Å². The van der Waals surface area contributed by atoms with Gasteiger partial charge in [0.05, 0.1) is 17.8 Å². The highest BCUT2D eigenvalue weighted by Gasteiger charge is 2.37. The quantitative estimate of drug-likeness (QED) is 0.628. The fourth-order valence-electron chi connectivity index (χ4n) is 3.78. The molecule has 9 heteroatoms. The van der Waals surface area contributed by atoms with Crippen molar-refractivity contribution in [3.63, 3.8) is 0 Å². The van der Waals surface area contributed by atoms with E-state index < -0.39 is 33.4 Å². The molecule has 1 aromatic carbocycles. The third kappa shape index (κ3) is 6.41. The zero-order valence-electron chi connectivity index (χ0n) is 17.7. The van der Waals surface area contributed by atoms with Crippen LogP contribution in [0.4, 0.5) is 4.79 Å². The molecular formula is C22H28ClN3O4S. The van der Waals surface area contributed by atoms with Crippen molar-refractivity contribution in [3.8, 4) is 11.3 Å². The molecule has 1 aliphatic heterocycles. The maximum atomic E-state index is 12.8. The van der Waals surface area contributed by atoms with Crippen molar-refractivity contribution in [2.45, 2.75) is 51.3 Å². The van der Waals surface area contributed by atoms with Gasteiger partial charge in [0, 0.05) is 30.3 Å². The highest BCUT2D eigenvalue weighted by Crippen LogP contribution is 2.24. The van der Waals surface area contributed by atoms with Crippen LogP contribution >= 0.6 is 11.6 Å². The summed E-state index contributed by atoms with van der Waals surface area (Å²) in [4.78, 5) is 19.1. The molecule has 0 spiro atoms. The molecule has 1 saturated heterocycles. The topological polar surface area (TPSA) is 88.6 Å². The largest absolute Gasteiger partial charge is 0.447 e. The van der Waals surface area contributed by atoms with E-state index in [0.717, 1.165) is 17.0 Å². The van der Waals surface area contributed by atoms with Crippen molar-refractivity contribution < 1.29 is 17.9 Å². The number of hydrogen-bond acceptors (Lipinski definition) is 5. The zero-order valence-corrected chi connectivity index (χ0v) is 19.3. The zero-order chi connectivity index (χ0) is 22.4. The van der Waals surface area contributed by atoms with Crippen LogP contribution in [0.15, 0.2) is 48.5 Å². The number of sulfonamides is 1. The van der Waals surface area contributed by atoms with Crippen molar-refractivity contribution in [1.29, 1.82) is 0 Å². The summed E-state index contributed by atoms with van der Waals surface area (Å²) in [5.74, 6) is 0. The van der Waals surface area contributed by atoms with Crippen molar-refractivity contribution in [2.24, 2.45) is 0 Å². The van der Waals surface area contributed by atoms with E-state index in [2.05, 4.69) is 4.72 Å². The van der Waals surface area contributed by atoms with Gasteiger partial charge in [-0.1, -0.05) is 36.4 Å². The molecule has 2 heterocycles. The molecule has 1 aliphatic rings. The lowest BCUT2D eigenvalue weighted by Gasteiger charge is -2.41. The van der Waals surface area contributed by atoms with Crippen LogP contribution in [0.2, 0.25) is 0 Å². The lowest BCUT2D eigenvalue weighted by Crippen LogP contribution is -2.58. The molecule has 3 rings (SSSR count). The van der Waals surface area contributed by atoms with Gasteiger partial charge in [-0.2, -0.15) is 0 Å². The van der Waals surface area contributed by atoms with Gasteiger partial charge >= 0.3 is 6.09 Å². The Balaban J connectivity index is 1.90. The molecule has 168 valence electrons. The highest BCUT2D eigenvalue weighted by atomic mass is 35.5. The molecule has 1 N–H and O–H groups in total. The fraction of sp³-hybridized carbons (Fsp3) is 0.455. The smallest absolute Gasteiger partial charge is 0.410 e. The number of nitrogens with zero attached hydrogens (tertiary/aromatic N) is 2.